The lowest BCUT2D eigenvalue weighted by Gasteiger charge is -2.37. The van der Waals surface area contributed by atoms with Crippen molar-refractivity contribution in [1.29, 1.82) is 0 Å². The molecule has 0 bridgehead atoms. The van der Waals surface area contributed by atoms with Gasteiger partial charge in [-0.2, -0.15) is 0 Å². The first-order chi connectivity index (χ1) is 5.75. The van der Waals surface area contributed by atoms with E-state index in [9.17, 15) is 4.79 Å². The molecule has 1 atom stereocenters. The molecule has 4 nitrogen and oxygen atoms in total. The maximum Gasteiger partial charge on any atom is 0.323 e. The third kappa shape index (κ3) is 2.67. The zero-order valence-corrected chi connectivity index (χ0v) is 8.63. The Labute approximate surface area is 79.3 Å². The molecule has 0 spiro atoms. The summed E-state index contributed by atoms with van der Waals surface area (Å²) in [5, 5.41) is 8.92. The second-order valence-corrected chi connectivity index (χ2v) is 4.28. The van der Waals surface area contributed by atoms with Crippen LogP contribution in [0.5, 0.6) is 0 Å². The number of carboxylic acids is 1. The smallest absolute Gasteiger partial charge is 0.323 e. The van der Waals surface area contributed by atoms with Gasteiger partial charge in [-0.25, -0.2) is 0 Å². The van der Waals surface area contributed by atoms with Gasteiger partial charge >= 0.3 is 5.97 Å². The second-order valence-electron chi connectivity index (χ2n) is 4.28. The number of nitrogens with two attached hydrogens (primary N) is 2. The summed E-state index contributed by atoms with van der Waals surface area (Å²) >= 11 is 0. The topological polar surface area (TPSA) is 89.3 Å². The summed E-state index contributed by atoms with van der Waals surface area (Å²) in [7, 11) is 0. The van der Waals surface area contributed by atoms with E-state index in [1.54, 1.807) is 6.92 Å². The van der Waals surface area contributed by atoms with Crippen LogP contribution in [0.15, 0.2) is 0 Å². The van der Waals surface area contributed by atoms with Gasteiger partial charge in [0.15, 0.2) is 0 Å². The number of aliphatic carboxylic acids is 1. The fourth-order valence-electron chi connectivity index (χ4n) is 1.09. The number of hydrogen-bond donors (Lipinski definition) is 3. The molecule has 0 fully saturated rings. The predicted octanol–water partition coefficient (Wildman–Crippen LogP) is 0.554. The van der Waals surface area contributed by atoms with Crippen LogP contribution in [0.4, 0.5) is 0 Å². The lowest BCUT2D eigenvalue weighted by molar-refractivity contribution is -0.147. The molecule has 0 radical (unpaired) electrons. The Bertz CT molecular complexity index is 188. The highest BCUT2D eigenvalue weighted by Gasteiger charge is 2.43. The molecule has 0 aliphatic rings. The van der Waals surface area contributed by atoms with Gasteiger partial charge in [-0.1, -0.05) is 13.8 Å². The SMILES string of the molecule is CC(C)(CCCN)C(C)(N)C(=O)O. The standard InChI is InChI=1S/C9H20N2O2/c1-8(2,5-4-6-10)9(3,11)7(12)13/h4-6,10-11H2,1-3H3,(H,12,13). The molecule has 13 heavy (non-hydrogen) atoms. The normalized spacial score (nSPS) is 16.7. The van der Waals surface area contributed by atoms with Crippen LogP contribution < -0.4 is 11.5 Å². The van der Waals surface area contributed by atoms with E-state index in [0.29, 0.717) is 6.54 Å². The van der Waals surface area contributed by atoms with Crippen molar-refractivity contribution in [1.82, 2.24) is 0 Å². The number of rotatable bonds is 5. The van der Waals surface area contributed by atoms with Crippen LogP contribution in [0, 0.1) is 5.41 Å². The minimum Gasteiger partial charge on any atom is -0.480 e. The second kappa shape index (κ2) is 4.07. The molecule has 4 heteroatoms. The maximum atomic E-state index is 10.9. The number of carboxylic acid groups (broad SMARTS) is 1. The average Bonchev–Trinajstić information content (AvgIpc) is 2.00. The van der Waals surface area contributed by atoms with Crippen molar-refractivity contribution in [3.05, 3.63) is 0 Å². The van der Waals surface area contributed by atoms with Crippen LogP contribution in [0.25, 0.3) is 0 Å². The van der Waals surface area contributed by atoms with Crippen LogP contribution >= 0.6 is 0 Å². The van der Waals surface area contributed by atoms with Gasteiger partial charge in [-0.15, -0.1) is 0 Å². The molecule has 0 heterocycles. The van der Waals surface area contributed by atoms with Crippen LogP contribution in [0.1, 0.15) is 33.6 Å². The Balaban J connectivity index is 4.50. The van der Waals surface area contributed by atoms with Gasteiger partial charge in [0, 0.05) is 0 Å². The molecule has 78 valence electrons. The van der Waals surface area contributed by atoms with Crippen molar-refractivity contribution >= 4 is 5.97 Å². The summed E-state index contributed by atoms with van der Waals surface area (Å²) in [4.78, 5) is 10.9. The lowest BCUT2D eigenvalue weighted by atomic mass is 9.71. The highest BCUT2D eigenvalue weighted by Crippen LogP contribution is 2.33. The molecular formula is C9H20N2O2. The summed E-state index contributed by atoms with van der Waals surface area (Å²) in [5.74, 6) is -0.963. The van der Waals surface area contributed by atoms with Gasteiger partial charge in [0.2, 0.25) is 0 Å². The molecular weight excluding hydrogens is 168 g/mol. The summed E-state index contributed by atoms with van der Waals surface area (Å²) in [6, 6.07) is 0. The van der Waals surface area contributed by atoms with Gasteiger partial charge in [0.25, 0.3) is 0 Å². The van der Waals surface area contributed by atoms with Crippen LogP contribution in [0.2, 0.25) is 0 Å². The molecule has 0 amide bonds. The number of hydrogen-bond acceptors (Lipinski definition) is 3. The zero-order valence-electron chi connectivity index (χ0n) is 8.63. The molecule has 0 aliphatic heterocycles. The molecule has 0 aromatic carbocycles. The Hall–Kier alpha value is -0.610. The van der Waals surface area contributed by atoms with Gasteiger partial charge < -0.3 is 16.6 Å². The van der Waals surface area contributed by atoms with Crippen molar-refractivity contribution in [2.75, 3.05) is 6.54 Å². The highest BCUT2D eigenvalue weighted by molar-refractivity contribution is 5.79. The fraction of sp³-hybridized carbons (Fsp3) is 0.889. The fourth-order valence-corrected chi connectivity index (χ4v) is 1.09. The summed E-state index contributed by atoms with van der Waals surface area (Å²) in [5.41, 5.74) is 9.48. The van der Waals surface area contributed by atoms with Gasteiger partial charge in [-0.3, -0.25) is 4.79 Å². The van der Waals surface area contributed by atoms with E-state index < -0.39 is 16.9 Å². The molecule has 0 aromatic heterocycles. The first kappa shape index (κ1) is 12.4. The largest absolute Gasteiger partial charge is 0.480 e. The third-order valence-electron chi connectivity index (χ3n) is 2.86. The Morgan fingerprint density at radius 2 is 1.85 bits per heavy atom. The molecule has 0 aliphatic carbocycles. The van der Waals surface area contributed by atoms with Gasteiger partial charge in [0.1, 0.15) is 5.54 Å². The Morgan fingerprint density at radius 3 is 2.15 bits per heavy atom. The maximum absolute atomic E-state index is 10.9. The average molecular weight is 188 g/mol. The van der Waals surface area contributed by atoms with E-state index in [4.69, 9.17) is 16.6 Å². The molecule has 0 saturated heterocycles. The zero-order chi connectivity index (χ0) is 10.7. The lowest BCUT2D eigenvalue weighted by Crippen LogP contribution is -2.56. The van der Waals surface area contributed by atoms with E-state index in [1.165, 1.54) is 0 Å². The van der Waals surface area contributed by atoms with Crippen molar-refractivity contribution in [3.8, 4) is 0 Å². The van der Waals surface area contributed by atoms with E-state index >= 15 is 0 Å². The quantitative estimate of drug-likeness (QED) is 0.588. The summed E-state index contributed by atoms with van der Waals surface area (Å²) in [6.45, 7) is 5.83. The van der Waals surface area contributed by atoms with Crippen molar-refractivity contribution < 1.29 is 9.90 Å². The number of carbonyl (C=O) groups is 1. The van der Waals surface area contributed by atoms with E-state index in [-0.39, 0.29) is 0 Å². The molecule has 5 N–H and O–H groups in total. The monoisotopic (exact) mass is 188 g/mol. The van der Waals surface area contributed by atoms with Gasteiger partial charge in [-0.05, 0) is 31.7 Å². The first-order valence-corrected chi connectivity index (χ1v) is 4.48. The van der Waals surface area contributed by atoms with Crippen molar-refractivity contribution in [2.45, 2.75) is 39.2 Å². The summed E-state index contributed by atoms with van der Waals surface area (Å²) in [6.07, 6.45) is 1.52. The Morgan fingerprint density at radius 1 is 1.38 bits per heavy atom. The van der Waals surface area contributed by atoms with Crippen LogP contribution in [-0.4, -0.2) is 23.2 Å². The highest BCUT2D eigenvalue weighted by atomic mass is 16.4. The third-order valence-corrected chi connectivity index (χ3v) is 2.86. The van der Waals surface area contributed by atoms with Crippen molar-refractivity contribution in [2.24, 2.45) is 16.9 Å². The molecule has 0 saturated carbocycles. The molecule has 0 rings (SSSR count). The van der Waals surface area contributed by atoms with Crippen LogP contribution in [0.3, 0.4) is 0 Å². The van der Waals surface area contributed by atoms with Crippen molar-refractivity contribution in [3.63, 3.8) is 0 Å². The first-order valence-electron chi connectivity index (χ1n) is 4.48. The minimum absolute atomic E-state index is 0.432. The van der Waals surface area contributed by atoms with E-state index in [1.807, 2.05) is 13.8 Å². The minimum atomic E-state index is -1.19. The predicted molar refractivity (Wildman–Crippen MR) is 52.3 cm³/mol. The Kier molecular flexibility index (Phi) is 3.88. The summed E-state index contributed by atoms with van der Waals surface area (Å²) < 4.78 is 0. The van der Waals surface area contributed by atoms with Crippen LogP contribution in [-0.2, 0) is 4.79 Å². The van der Waals surface area contributed by atoms with E-state index in [0.717, 1.165) is 12.8 Å². The van der Waals surface area contributed by atoms with E-state index in [2.05, 4.69) is 0 Å². The molecule has 1 unspecified atom stereocenters. The molecule has 0 aromatic rings. The van der Waals surface area contributed by atoms with Gasteiger partial charge in [0.05, 0.1) is 0 Å².